The lowest BCUT2D eigenvalue weighted by molar-refractivity contribution is 0.0791. The van der Waals surface area contributed by atoms with Crippen molar-refractivity contribution < 1.29 is 18.0 Å². The monoisotopic (exact) mass is 445 g/mol. The molecule has 4 rings (SSSR count). The molecular weight excluding hydrogens is 418 g/mol. The van der Waals surface area contributed by atoms with Gasteiger partial charge in [0.05, 0.1) is 0 Å². The maximum absolute atomic E-state index is 12.8. The summed E-state index contributed by atoms with van der Waals surface area (Å²) in [5, 5.41) is 6.36. The molecule has 0 saturated heterocycles. The minimum absolute atomic E-state index is 0.129. The number of nitrogens with zero attached hydrogens (tertiary/aromatic N) is 3. The number of aromatic nitrogens is 2. The van der Waals surface area contributed by atoms with Crippen molar-refractivity contribution in [1.82, 2.24) is 19.4 Å². The van der Waals surface area contributed by atoms with Gasteiger partial charge >= 0.3 is 6.03 Å². The lowest BCUT2D eigenvalue weighted by Crippen LogP contribution is -2.35. The molecule has 2 N–H and O–H groups in total. The summed E-state index contributed by atoms with van der Waals surface area (Å²) in [5.41, 5.74) is 5.60. The average Bonchev–Trinajstić information content (AvgIpc) is 3.45. The fraction of sp³-hybridized carbons (Fsp3) is 0.476. The van der Waals surface area contributed by atoms with E-state index in [0.717, 1.165) is 55.3 Å². The zero-order valence-corrected chi connectivity index (χ0v) is 18.8. The Morgan fingerprint density at radius 1 is 1.10 bits per heavy atom. The third kappa shape index (κ3) is 3.91. The lowest BCUT2D eigenvalue weighted by Gasteiger charge is -2.16. The molecular formula is C21H27N5O4S. The number of anilines is 1. The van der Waals surface area contributed by atoms with Gasteiger partial charge < -0.3 is 10.2 Å². The van der Waals surface area contributed by atoms with E-state index in [0.29, 0.717) is 6.54 Å². The second kappa shape index (κ2) is 7.99. The van der Waals surface area contributed by atoms with Crippen LogP contribution in [0.5, 0.6) is 0 Å². The molecule has 0 spiro atoms. The Labute approximate surface area is 181 Å². The number of urea groups is 1. The Kier molecular flexibility index (Phi) is 5.50. The number of rotatable bonds is 5. The maximum Gasteiger partial charge on any atom is 0.333 e. The highest BCUT2D eigenvalue weighted by Gasteiger charge is 2.28. The van der Waals surface area contributed by atoms with Crippen molar-refractivity contribution in [3.05, 3.63) is 40.1 Å². The molecule has 1 heterocycles. The van der Waals surface area contributed by atoms with Gasteiger partial charge in [0.2, 0.25) is 0 Å². The van der Waals surface area contributed by atoms with E-state index in [1.54, 1.807) is 7.05 Å². The van der Waals surface area contributed by atoms with Crippen LogP contribution in [-0.2, 0) is 42.8 Å². The van der Waals surface area contributed by atoms with E-state index in [4.69, 9.17) is 0 Å². The van der Waals surface area contributed by atoms with E-state index in [1.807, 2.05) is 11.6 Å². The van der Waals surface area contributed by atoms with Gasteiger partial charge in [-0.15, -0.1) is 0 Å². The van der Waals surface area contributed by atoms with Crippen molar-refractivity contribution in [3.8, 4) is 0 Å². The topological polar surface area (TPSA) is 113 Å². The lowest BCUT2D eigenvalue weighted by atomic mass is 9.99. The Bertz CT molecular complexity index is 1140. The third-order valence-electron chi connectivity index (χ3n) is 6.11. The molecule has 2 aliphatic rings. The molecule has 0 unspecified atom stereocenters. The van der Waals surface area contributed by atoms with E-state index < -0.39 is 16.1 Å². The third-order valence-corrected chi connectivity index (χ3v) is 7.32. The van der Waals surface area contributed by atoms with Crippen LogP contribution < -0.4 is 10.0 Å². The Balaban J connectivity index is 1.56. The predicted molar refractivity (Wildman–Crippen MR) is 116 cm³/mol. The molecule has 9 nitrogen and oxygen atoms in total. The number of carbonyl (C=O) groups excluding carboxylic acids is 2. The number of amides is 3. The molecule has 31 heavy (non-hydrogen) atoms. The number of aryl methyl sites for hydroxylation is 3. The van der Waals surface area contributed by atoms with Crippen LogP contribution in [0.4, 0.5) is 10.5 Å². The summed E-state index contributed by atoms with van der Waals surface area (Å²) in [6, 6.07) is 2.60. The van der Waals surface area contributed by atoms with Crippen LogP contribution in [0.25, 0.3) is 0 Å². The van der Waals surface area contributed by atoms with Gasteiger partial charge in [0.25, 0.3) is 15.9 Å². The first-order chi connectivity index (χ1) is 14.7. The summed E-state index contributed by atoms with van der Waals surface area (Å²) in [7, 11) is -1.13. The molecule has 3 amide bonds. The summed E-state index contributed by atoms with van der Waals surface area (Å²) < 4.78 is 28.8. The van der Waals surface area contributed by atoms with E-state index in [-0.39, 0.29) is 16.6 Å². The van der Waals surface area contributed by atoms with Crippen molar-refractivity contribution in [3.63, 3.8) is 0 Å². The van der Waals surface area contributed by atoms with Crippen LogP contribution in [0.15, 0.2) is 17.2 Å². The second-order valence-electron chi connectivity index (χ2n) is 8.10. The normalized spacial score (nSPS) is 14.8. The van der Waals surface area contributed by atoms with Gasteiger partial charge in [-0.3, -0.25) is 9.48 Å². The Hall–Kier alpha value is -2.88. The maximum atomic E-state index is 12.8. The van der Waals surface area contributed by atoms with E-state index in [1.165, 1.54) is 33.8 Å². The Morgan fingerprint density at radius 3 is 2.29 bits per heavy atom. The first-order valence-corrected chi connectivity index (χ1v) is 12.0. The molecule has 0 radical (unpaired) electrons. The first kappa shape index (κ1) is 21.4. The largest absolute Gasteiger partial charge is 0.341 e. The predicted octanol–water partition coefficient (Wildman–Crippen LogP) is 2.00. The van der Waals surface area contributed by atoms with Crippen LogP contribution in [0, 0.1) is 0 Å². The van der Waals surface area contributed by atoms with Crippen molar-refractivity contribution in [2.24, 2.45) is 7.05 Å². The first-order valence-electron chi connectivity index (χ1n) is 10.5. The summed E-state index contributed by atoms with van der Waals surface area (Å²) >= 11 is 0. The van der Waals surface area contributed by atoms with Crippen LogP contribution in [-0.4, -0.2) is 48.6 Å². The zero-order valence-electron chi connectivity index (χ0n) is 18.0. The summed E-state index contributed by atoms with van der Waals surface area (Å²) in [6.07, 6.45) is 5.78. The molecule has 1 aromatic heterocycles. The quantitative estimate of drug-likeness (QED) is 0.731. The molecule has 2 aliphatic carbocycles. The molecule has 0 fully saturated rings. The molecule has 0 bridgehead atoms. The molecule has 1 aromatic carbocycles. The minimum atomic E-state index is -4.24. The summed E-state index contributed by atoms with van der Waals surface area (Å²) in [6.45, 7) is 2.29. The van der Waals surface area contributed by atoms with Gasteiger partial charge in [0, 0.05) is 32.4 Å². The van der Waals surface area contributed by atoms with Crippen LogP contribution in [0.3, 0.4) is 0 Å². The molecule has 10 heteroatoms. The van der Waals surface area contributed by atoms with Gasteiger partial charge in [0.15, 0.2) is 5.03 Å². The fourth-order valence-corrected chi connectivity index (χ4v) is 5.29. The molecule has 0 atom stereocenters. The number of benzene rings is 1. The molecule has 2 aromatic rings. The Morgan fingerprint density at radius 2 is 1.71 bits per heavy atom. The molecule has 0 saturated carbocycles. The van der Waals surface area contributed by atoms with E-state index in [9.17, 15) is 18.0 Å². The highest BCUT2D eigenvalue weighted by Crippen LogP contribution is 2.38. The number of sulfonamides is 1. The average molecular weight is 446 g/mol. The summed E-state index contributed by atoms with van der Waals surface area (Å²) in [4.78, 5) is 26.5. The van der Waals surface area contributed by atoms with Crippen molar-refractivity contribution in [1.29, 1.82) is 0 Å². The van der Waals surface area contributed by atoms with Gasteiger partial charge in [-0.25, -0.2) is 9.52 Å². The standard InChI is InChI=1S/C21H27N5O4S/c1-4-25(2)20(27)17-12-18(23-26(17)3)31(29,30)24-21(28)22-19-15-9-5-7-13(15)11-14-8-6-10-16(14)19/h11-12H,4-10H2,1-3H3,(H2,22,24,28). The SMILES string of the molecule is CCN(C)C(=O)c1cc(S(=O)(=O)NC(=O)Nc2c3c(cc4c2CCC4)CCC3)nn1C. The minimum Gasteiger partial charge on any atom is -0.341 e. The number of nitrogens with one attached hydrogen (secondary N) is 2. The van der Waals surface area contributed by atoms with Crippen LogP contribution in [0.1, 0.15) is 52.5 Å². The van der Waals surface area contributed by atoms with Crippen molar-refractivity contribution in [2.75, 3.05) is 18.9 Å². The van der Waals surface area contributed by atoms with Gasteiger partial charge in [0.1, 0.15) is 5.69 Å². The number of carbonyl (C=O) groups is 2. The van der Waals surface area contributed by atoms with Crippen LogP contribution in [0.2, 0.25) is 0 Å². The number of fused-ring (bicyclic) bond motifs is 2. The highest BCUT2D eigenvalue weighted by molar-refractivity contribution is 7.90. The smallest absolute Gasteiger partial charge is 0.333 e. The van der Waals surface area contributed by atoms with Crippen molar-refractivity contribution >= 4 is 27.6 Å². The van der Waals surface area contributed by atoms with Gasteiger partial charge in [-0.2, -0.15) is 13.5 Å². The number of hydrogen-bond acceptors (Lipinski definition) is 5. The molecule has 0 aliphatic heterocycles. The highest BCUT2D eigenvalue weighted by atomic mass is 32.2. The van der Waals surface area contributed by atoms with Gasteiger partial charge in [-0.05, 0) is 67.7 Å². The summed E-state index contributed by atoms with van der Waals surface area (Å²) in [5.74, 6) is -0.348. The van der Waals surface area contributed by atoms with E-state index >= 15 is 0 Å². The van der Waals surface area contributed by atoms with Crippen molar-refractivity contribution in [2.45, 2.75) is 50.5 Å². The van der Waals surface area contributed by atoms with Gasteiger partial charge in [-0.1, -0.05) is 6.07 Å². The fourth-order valence-electron chi connectivity index (χ4n) is 4.39. The van der Waals surface area contributed by atoms with Crippen LogP contribution >= 0.6 is 0 Å². The molecule has 166 valence electrons. The second-order valence-corrected chi connectivity index (χ2v) is 9.73. The number of hydrogen-bond donors (Lipinski definition) is 2. The van der Waals surface area contributed by atoms with E-state index in [2.05, 4.69) is 16.5 Å². The zero-order chi connectivity index (χ0) is 22.3.